The summed E-state index contributed by atoms with van der Waals surface area (Å²) in [6.45, 7) is -0.198. The van der Waals surface area contributed by atoms with Crippen LogP contribution < -0.4 is 9.47 Å². The summed E-state index contributed by atoms with van der Waals surface area (Å²) in [5.74, 6) is 3.77. The molecule has 0 heterocycles. The van der Waals surface area contributed by atoms with Gasteiger partial charge in [0.2, 0.25) is 0 Å². The van der Waals surface area contributed by atoms with Crippen LogP contribution in [0.3, 0.4) is 0 Å². The highest BCUT2D eigenvalue weighted by Gasteiger charge is 1.91. The quantitative estimate of drug-likeness (QED) is 0.687. The molecule has 0 aliphatic carbocycles. The normalized spacial score (nSPS) is 8.46. The van der Waals surface area contributed by atoms with Crippen LogP contribution in [-0.4, -0.2) is 18.8 Å². The lowest BCUT2D eigenvalue weighted by Crippen LogP contribution is -1.85. The van der Waals surface area contributed by atoms with Crippen LogP contribution in [0.15, 0.2) is 24.3 Å². The molecule has 0 fully saturated rings. The molecule has 0 bridgehead atoms. The second kappa shape index (κ2) is 5.07. The number of hydrogen-bond donors (Lipinski definition) is 1. The maximum Gasteiger partial charge on any atom is 0.140 e. The Kier molecular flexibility index (Phi) is 3.68. The first-order valence-corrected chi connectivity index (χ1v) is 3.76. The van der Waals surface area contributed by atoms with Crippen molar-refractivity contribution in [1.29, 1.82) is 0 Å². The smallest absolute Gasteiger partial charge is 0.140 e. The van der Waals surface area contributed by atoms with Gasteiger partial charge in [-0.3, -0.25) is 0 Å². The molecule has 0 aliphatic rings. The first-order valence-electron chi connectivity index (χ1n) is 3.76. The van der Waals surface area contributed by atoms with E-state index in [9.17, 15) is 0 Å². The van der Waals surface area contributed by atoms with Crippen LogP contribution in [0, 0.1) is 12.0 Å². The molecule has 1 N–H and O–H groups in total. The molecule has 0 spiro atoms. The van der Waals surface area contributed by atoms with Crippen LogP contribution in [-0.2, 0) is 0 Å². The van der Waals surface area contributed by atoms with Crippen LogP contribution >= 0.6 is 0 Å². The molecule has 0 aromatic heterocycles. The number of benzene rings is 1. The lowest BCUT2D eigenvalue weighted by molar-refractivity contribution is 0.349. The molecule has 68 valence electrons. The van der Waals surface area contributed by atoms with Gasteiger partial charge in [-0.25, -0.2) is 0 Å². The predicted molar refractivity (Wildman–Crippen MR) is 48.5 cm³/mol. The fourth-order valence-corrected chi connectivity index (χ4v) is 0.771. The Balaban J connectivity index is 2.59. The van der Waals surface area contributed by atoms with Crippen molar-refractivity contribution in [2.75, 3.05) is 13.7 Å². The predicted octanol–water partition coefficient (Wildman–Crippen LogP) is 1.03. The van der Waals surface area contributed by atoms with Gasteiger partial charge >= 0.3 is 0 Å². The zero-order valence-corrected chi connectivity index (χ0v) is 7.28. The van der Waals surface area contributed by atoms with E-state index in [4.69, 9.17) is 14.6 Å². The van der Waals surface area contributed by atoms with E-state index in [1.54, 1.807) is 31.4 Å². The van der Waals surface area contributed by atoms with Crippen LogP contribution in [0.2, 0.25) is 0 Å². The molecule has 0 aliphatic heterocycles. The lowest BCUT2D eigenvalue weighted by Gasteiger charge is -1.99. The molecule has 0 atom stereocenters. The standard InChI is InChI=1S/C10H10O3/c1-12-9-3-5-10(6-4-9)13-8-2-7-11/h3-6,11H,7H2,1H3. The zero-order valence-electron chi connectivity index (χ0n) is 7.28. The number of rotatable bonds is 2. The molecule has 13 heavy (non-hydrogen) atoms. The minimum Gasteiger partial charge on any atom is -0.497 e. The third kappa shape index (κ3) is 3.06. The summed E-state index contributed by atoms with van der Waals surface area (Å²) in [6, 6.07) is 7.03. The van der Waals surface area contributed by atoms with Gasteiger partial charge in [0.15, 0.2) is 0 Å². The molecule has 3 nitrogen and oxygen atoms in total. The first-order chi connectivity index (χ1) is 6.36. The van der Waals surface area contributed by atoms with Crippen molar-refractivity contribution in [1.82, 2.24) is 0 Å². The van der Waals surface area contributed by atoms with Crippen molar-refractivity contribution >= 4 is 0 Å². The highest BCUT2D eigenvalue weighted by molar-refractivity contribution is 5.32. The summed E-state index contributed by atoms with van der Waals surface area (Å²) in [4.78, 5) is 0. The summed E-state index contributed by atoms with van der Waals surface area (Å²) in [5, 5.41) is 8.35. The van der Waals surface area contributed by atoms with Gasteiger partial charge in [0.25, 0.3) is 0 Å². The van der Waals surface area contributed by atoms with E-state index < -0.39 is 0 Å². The highest BCUT2D eigenvalue weighted by atomic mass is 16.5. The lowest BCUT2D eigenvalue weighted by atomic mass is 10.3. The largest absolute Gasteiger partial charge is 0.497 e. The monoisotopic (exact) mass is 178 g/mol. The Morgan fingerprint density at radius 1 is 1.23 bits per heavy atom. The Labute approximate surface area is 76.9 Å². The third-order valence-electron chi connectivity index (χ3n) is 1.38. The number of aliphatic hydroxyl groups is 1. The average molecular weight is 178 g/mol. The Morgan fingerprint density at radius 3 is 2.38 bits per heavy atom. The van der Waals surface area contributed by atoms with Crippen molar-refractivity contribution in [3.8, 4) is 23.5 Å². The van der Waals surface area contributed by atoms with Crippen molar-refractivity contribution in [2.24, 2.45) is 0 Å². The Bertz CT molecular complexity index is 305. The molecule has 0 amide bonds. The zero-order chi connectivity index (χ0) is 9.52. The van der Waals surface area contributed by atoms with E-state index in [-0.39, 0.29) is 6.61 Å². The first kappa shape index (κ1) is 9.43. The number of ether oxygens (including phenoxy) is 2. The van der Waals surface area contributed by atoms with Gasteiger partial charge in [0.1, 0.15) is 24.2 Å². The minimum atomic E-state index is -0.198. The van der Waals surface area contributed by atoms with Crippen LogP contribution in [0.1, 0.15) is 0 Å². The fourth-order valence-electron chi connectivity index (χ4n) is 0.771. The molecule has 1 aromatic rings. The molecular formula is C10H10O3. The number of aliphatic hydroxyl groups excluding tert-OH is 1. The Hall–Kier alpha value is -1.66. The molecule has 0 unspecified atom stereocenters. The van der Waals surface area contributed by atoms with E-state index >= 15 is 0 Å². The van der Waals surface area contributed by atoms with Crippen LogP contribution in [0.5, 0.6) is 11.5 Å². The van der Waals surface area contributed by atoms with Crippen LogP contribution in [0.4, 0.5) is 0 Å². The van der Waals surface area contributed by atoms with Gasteiger partial charge in [0, 0.05) is 0 Å². The number of hydrogen-bond acceptors (Lipinski definition) is 3. The Morgan fingerprint density at radius 2 is 1.85 bits per heavy atom. The van der Waals surface area contributed by atoms with Gasteiger partial charge in [-0.2, -0.15) is 0 Å². The SMILES string of the molecule is COc1ccc(OC#CCO)cc1. The van der Waals surface area contributed by atoms with Gasteiger partial charge < -0.3 is 14.6 Å². The van der Waals surface area contributed by atoms with Gasteiger partial charge in [-0.05, 0) is 30.2 Å². The van der Waals surface area contributed by atoms with Gasteiger partial charge in [-0.1, -0.05) is 0 Å². The molecule has 1 aromatic carbocycles. The maximum atomic E-state index is 8.35. The van der Waals surface area contributed by atoms with Crippen molar-refractivity contribution in [3.63, 3.8) is 0 Å². The van der Waals surface area contributed by atoms with E-state index in [0.29, 0.717) is 5.75 Å². The summed E-state index contributed by atoms with van der Waals surface area (Å²) >= 11 is 0. The van der Waals surface area contributed by atoms with E-state index in [2.05, 4.69) is 12.0 Å². The molecule has 0 radical (unpaired) electrons. The summed E-state index contributed by atoms with van der Waals surface area (Å²) < 4.78 is 9.93. The second-order valence-electron chi connectivity index (χ2n) is 2.21. The maximum absolute atomic E-state index is 8.35. The highest BCUT2D eigenvalue weighted by Crippen LogP contribution is 2.16. The summed E-state index contributed by atoms with van der Waals surface area (Å²) in [7, 11) is 1.60. The van der Waals surface area contributed by atoms with Crippen molar-refractivity contribution in [3.05, 3.63) is 24.3 Å². The molecular weight excluding hydrogens is 168 g/mol. The second-order valence-corrected chi connectivity index (χ2v) is 2.21. The topological polar surface area (TPSA) is 38.7 Å². The number of methoxy groups -OCH3 is 1. The molecule has 0 saturated heterocycles. The summed E-state index contributed by atoms with van der Waals surface area (Å²) in [5.41, 5.74) is 0. The fraction of sp³-hybridized carbons (Fsp3) is 0.200. The molecule has 1 rings (SSSR count). The van der Waals surface area contributed by atoms with Gasteiger partial charge in [-0.15, -0.1) is 0 Å². The minimum absolute atomic E-state index is 0.198. The van der Waals surface area contributed by atoms with Crippen LogP contribution in [0.25, 0.3) is 0 Å². The van der Waals surface area contributed by atoms with Gasteiger partial charge in [0.05, 0.1) is 7.11 Å². The third-order valence-corrected chi connectivity index (χ3v) is 1.38. The van der Waals surface area contributed by atoms with E-state index in [1.165, 1.54) is 0 Å². The van der Waals surface area contributed by atoms with Crippen molar-refractivity contribution < 1.29 is 14.6 Å². The van der Waals surface area contributed by atoms with E-state index in [0.717, 1.165) is 5.75 Å². The molecule has 0 saturated carbocycles. The van der Waals surface area contributed by atoms with E-state index in [1.807, 2.05) is 0 Å². The summed E-state index contributed by atoms with van der Waals surface area (Å²) in [6.07, 6.45) is 2.35. The average Bonchev–Trinajstić information content (AvgIpc) is 2.19. The van der Waals surface area contributed by atoms with Crippen molar-refractivity contribution in [2.45, 2.75) is 0 Å². The molecule has 3 heteroatoms.